The van der Waals surface area contributed by atoms with Crippen molar-refractivity contribution in [2.24, 2.45) is 11.3 Å². The molecule has 0 bridgehead atoms. The van der Waals surface area contributed by atoms with Crippen LogP contribution < -0.4 is 5.32 Å². The number of carboxylic acids is 1. The molecule has 21 heavy (non-hydrogen) atoms. The van der Waals surface area contributed by atoms with Crippen molar-refractivity contribution in [2.75, 3.05) is 12.3 Å². The molecule has 0 aromatic heterocycles. The van der Waals surface area contributed by atoms with Crippen LogP contribution in [0.2, 0.25) is 0 Å². The Labute approximate surface area is 131 Å². The lowest BCUT2D eigenvalue weighted by Crippen LogP contribution is -2.51. The predicted molar refractivity (Wildman–Crippen MR) is 86.4 cm³/mol. The van der Waals surface area contributed by atoms with Crippen LogP contribution in [0.3, 0.4) is 0 Å². The summed E-state index contributed by atoms with van der Waals surface area (Å²) in [4.78, 5) is 25.3. The number of hydrogen-bond donors (Lipinski definition) is 2. The zero-order valence-electron chi connectivity index (χ0n) is 13.7. The molecule has 5 nitrogen and oxygen atoms in total. The van der Waals surface area contributed by atoms with Gasteiger partial charge in [-0.25, -0.2) is 9.59 Å². The highest BCUT2D eigenvalue weighted by molar-refractivity contribution is 8.00. The number of aliphatic carboxylic acids is 1. The number of carboxylic acid groups (broad SMARTS) is 1. The molecule has 1 saturated heterocycles. The van der Waals surface area contributed by atoms with E-state index in [0.717, 1.165) is 12.8 Å². The van der Waals surface area contributed by atoms with E-state index in [2.05, 4.69) is 33.0 Å². The summed E-state index contributed by atoms with van der Waals surface area (Å²) in [5, 5.41) is 12.2. The van der Waals surface area contributed by atoms with Gasteiger partial charge in [-0.05, 0) is 17.8 Å². The van der Waals surface area contributed by atoms with E-state index in [4.69, 9.17) is 0 Å². The third-order valence-electron chi connectivity index (χ3n) is 4.19. The molecule has 0 aromatic rings. The van der Waals surface area contributed by atoms with Gasteiger partial charge in [0.25, 0.3) is 0 Å². The number of rotatable bonds is 5. The maximum Gasteiger partial charge on any atom is 0.327 e. The molecule has 1 fully saturated rings. The van der Waals surface area contributed by atoms with Gasteiger partial charge in [0.2, 0.25) is 0 Å². The highest BCUT2D eigenvalue weighted by Gasteiger charge is 2.41. The number of carbonyl (C=O) groups excluding carboxylic acids is 1. The first-order valence-corrected chi connectivity index (χ1v) is 8.64. The summed E-state index contributed by atoms with van der Waals surface area (Å²) in [5.74, 6) is -0.118. The molecular formula is C15H28N2O3S. The van der Waals surface area contributed by atoms with Gasteiger partial charge >= 0.3 is 12.0 Å². The smallest absolute Gasteiger partial charge is 0.327 e. The second kappa shape index (κ2) is 7.38. The van der Waals surface area contributed by atoms with Crippen molar-refractivity contribution in [1.82, 2.24) is 10.2 Å². The Morgan fingerprint density at radius 3 is 2.52 bits per heavy atom. The average Bonchev–Trinajstić information content (AvgIpc) is 2.78. The van der Waals surface area contributed by atoms with Crippen molar-refractivity contribution >= 4 is 23.8 Å². The molecule has 1 heterocycles. The molecule has 3 unspecified atom stereocenters. The van der Waals surface area contributed by atoms with Crippen molar-refractivity contribution in [1.29, 1.82) is 0 Å². The molecule has 6 heteroatoms. The molecule has 3 atom stereocenters. The first-order chi connectivity index (χ1) is 9.68. The maximum absolute atomic E-state index is 12.4. The van der Waals surface area contributed by atoms with Crippen LogP contribution in [0.4, 0.5) is 4.79 Å². The molecule has 2 N–H and O–H groups in total. The fraction of sp³-hybridized carbons (Fsp3) is 0.867. The minimum absolute atomic E-state index is 0.0268. The summed E-state index contributed by atoms with van der Waals surface area (Å²) < 4.78 is 0. The van der Waals surface area contributed by atoms with Crippen LogP contribution in [-0.4, -0.2) is 45.7 Å². The minimum Gasteiger partial charge on any atom is -0.480 e. The van der Waals surface area contributed by atoms with E-state index in [1.165, 1.54) is 4.90 Å². The Morgan fingerprint density at radius 2 is 2.05 bits per heavy atom. The van der Waals surface area contributed by atoms with Gasteiger partial charge in [-0.15, -0.1) is 11.8 Å². The summed E-state index contributed by atoms with van der Waals surface area (Å²) in [7, 11) is 0. The molecular weight excluding hydrogens is 288 g/mol. The summed E-state index contributed by atoms with van der Waals surface area (Å²) in [6.07, 6.45) is 1.77. The van der Waals surface area contributed by atoms with Gasteiger partial charge < -0.3 is 10.4 Å². The van der Waals surface area contributed by atoms with Gasteiger partial charge in [0.05, 0.1) is 5.37 Å². The van der Waals surface area contributed by atoms with Crippen molar-refractivity contribution in [3.8, 4) is 0 Å². The molecule has 1 rings (SSSR count). The number of nitrogens with one attached hydrogen (secondary N) is 1. The fourth-order valence-electron chi connectivity index (χ4n) is 2.13. The highest BCUT2D eigenvalue weighted by atomic mass is 32.2. The molecule has 1 aliphatic heterocycles. The SMILES string of the molecule is CCCC1SCC(C(=O)O)N1C(=O)NCC(C)C(C)(C)C. The first kappa shape index (κ1) is 18.1. The Bertz CT molecular complexity index is 382. The molecule has 2 amide bonds. The van der Waals surface area contributed by atoms with Gasteiger partial charge in [0.1, 0.15) is 6.04 Å². The highest BCUT2D eigenvalue weighted by Crippen LogP contribution is 2.32. The van der Waals surface area contributed by atoms with Crippen molar-refractivity contribution in [3.05, 3.63) is 0 Å². The topological polar surface area (TPSA) is 69.6 Å². The van der Waals surface area contributed by atoms with Crippen LogP contribution >= 0.6 is 11.8 Å². The number of thioether (sulfide) groups is 1. The van der Waals surface area contributed by atoms with Crippen LogP contribution in [-0.2, 0) is 4.79 Å². The van der Waals surface area contributed by atoms with Crippen LogP contribution in [0.5, 0.6) is 0 Å². The number of nitrogens with zero attached hydrogens (tertiary/aromatic N) is 1. The normalized spacial score (nSPS) is 24.0. The fourth-order valence-corrected chi connectivity index (χ4v) is 3.65. The third-order valence-corrected chi connectivity index (χ3v) is 5.54. The standard InChI is InChI=1S/C15H28N2O3S/c1-6-7-12-17(11(9-21-12)13(18)19)14(20)16-8-10(2)15(3,4)5/h10-12H,6-9H2,1-5H3,(H,16,20)(H,18,19). The largest absolute Gasteiger partial charge is 0.480 e. The first-order valence-electron chi connectivity index (χ1n) is 7.59. The van der Waals surface area contributed by atoms with E-state index >= 15 is 0 Å². The van der Waals surface area contributed by atoms with Gasteiger partial charge in [-0.3, -0.25) is 4.90 Å². The molecule has 0 radical (unpaired) electrons. The Kier molecular flexibility index (Phi) is 6.38. The van der Waals surface area contributed by atoms with Crippen molar-refractivity contribution in [3.63, 3.8) is 0 Å². The number of amides is 2. The molecule has 0 aliphatic carbocycles. The van der Waals surface area contributed by atoms with Crippen LogP contribution in [0.1, 0.15) is 47.5 Å². The lowest BCUT2D eigenvalue weighted by molar-refractivity contribution is -0.141. The van der Waals surface area contributed by atoms with Crippen LogP contribution in [0.25, 0.3) is 0 Å². The zero-order valence-corrected chi connectivity index (χ0v) is 14.5. The summed E-state index contributed by atoms with van der Waals surface area (Å²) in [5.41, 5.74) is 0.113. The average molecular weight is 316 g/mol. The minimum atomic E-state index is -0.917. The number of hydrogen-bond acceptors (Lipinski definition) is 3. The quantitative estimate of drug-likeness (QED) is 0.818. The van der Waals surface area contributed by atoms with Crippen molar-refractivity contribution in [2.45, 2.75) is 58.9 Å². The summed E-state index contributed by atoms with van der Waals surface area (Å²) in [6, 6.07) is -0.960. The predicted octanol–water partition coefficient (Wildman–Crippen LogP) is 3.01. The summed E-state index contributed by atoms with van der Waals surface area (Å²) >= 11 is 1.56. The van der Waals surface area contributed by atoms with E-state index in [1.807, 2.05) is 6.92 Å². The number of urea groups is 1. The molecule has 1 aliphatic rings. The van der Waals surface area contributed by atoms with E-state index < -0.39 is 12.0 Å². The van der Waals surface area contributed by atoms with E-state index in [9.17, 15) is 14.7 Å². The molecule has 0 spiro atoms. The Morgan fingerprint density at radius 1 is 1.43 bits per heavy atom. The van der Waals surface area contributed by atoms with Gasteiger partial charge in [-0.1, -0.05) is 41.0 Å². The Hall–Kier alpha value is -0.910. The second-order valence-electron chi connectivity index (χ2n) is 6.79. The second-order valence-corrected chi connectivity index (χ2v) is 8.00. The van der Waals surface area contributed by atoms with Crippen LogP contribution in [0.15, 0.2) is 0 Å². The van der Waals surface area contributed by atoms with E-state index in [1.54, 1.807) is 11.8 Å². The summed E-state index contributed by atoms with van der Waals surface area (Å²) in [6.45, 7) is 11.1. The third kappa shape index (κ3) is 4.80. The zero-order chi connectivity index (χ0) is 16.2. The lowest BCUT2D eigenvalue weighted by Gasteiger charge is -2.31. The lowest BCUT2D eigenvalue weighted by atomic mass is 9.82. The van der Waals surface area contributed by atoms with Crippen molar-refractivity contribution < 1.29 is 14.7 Å². The molecule has 0 saturated carbocycles. The molecule has 122 valence electrons. The van der Waals surface area contributed by atoms with Crippen LogP contribution in [0, 0.1) is 11.3 Å². The maximum atomic E-state index is 12.4. The molecule has 0 aromatic carbocycles. The van der Waals surface area contributed by atoms with Gasteiger partial charge in [0, 0.05) is 12.3 Å². The van der Waals surface area contributed by atoms with E-state index in [0.29, 0.717) is 18.2 Å². The Balaban J connectivity index is 2.69. The number of carbonyl (C=O) groups is 2. The van der Waals surface area contributed by atoms with Gasteiger partial charge in [0.15, 0.2) is 0 Å². The monoisotopic (exact) mass is 316 g/mol. The van der Waals surface area contributed by atoms with Gasteiger partial charge in [-0.2, -0.15) is 0 Å². The van der Waals surface area contributed by atoms with E-state index in [-0.39, 0.29) is 16.8 Å².